The smallest absolute Gasteiger partial charge is 0.316 e. The summed E-state index contributed by atoms with van der Waals surface area (Å²) in [7, 11) is 1.62. The Balaban J connectivity index is 1.65. The molecule has 0 radical (unpaired) electrons. The molecule has 2 N–H and O–H groups in total. The third kappa shape index (κ3) is 3.96. The van der Waals surface area contributed by atoms with E-state index in [0.717, 1.165) is 12.8 Å². The summed E-state index contributed by atoms with van der Waals surface area (Å²) in [6.07, 6.45) is 5.01. The lowest BCUT2D eigenvalue weighted by atomic mass is 10.00. The van der Waals surface area contributed by atoms with E-state index in [4.69, 9.17) is 0 Å². The van der Waals surface area contributed by atoms with E-state index in [9.17, 15) is 14.0 Å². The maximum absolute atomic E-state index is 14.6. The summed E-state index contributed by atoms with van der Waals surface area (Å²) in [6.45, 7) is 0.489. The van der Waals surface area contributed by atoms with Gasteiger partial charge in [0.15, 0.2) is 0 Å². The Kier molecular flexibility index (Phi) is 5.61. The first-order valence-corrected chi connectivity index (χ1v) is 9.95. The van der Waals surface area contributed by atoms with Gasteiger partial charge in [0.25, 0.3) is 5.91 Å². The molecule has 2 aromatic rings. The zero-order chi connectivity index (χ0) is 21.1. The van der Waals surface area contributed by atoms with Gasteiger partial charge in [0.2, 0.25) is 6.17 Å². The summed E-state index contributed by atoms with van der Waals surface area (Å²) in [5, 5.41) is 5.44. The van der Waals surface area contributed by atoms with Crippen LogP contribution in [0.25, 0.3) is 0 Å². The van der Waals surface area contributed by atoms with Crippen molar-refractivity contribution in [3.8, 4) is 0 Å². The molecule has 2 atom stereocenters. The molecule has 0 fully saturated rings. The van der Waals surface area contributed by atoms with Gasteiger partial charge in [0.05, 0.1) is 11.4 Å². The number of likely N-dealkylation sites (N-methyl/N-ethyl adjacent to an activating group) is 1. The Bertz CT molecular complexity index is 1030. The van der Waals surface area contributed by atoms with E-state index < -0.39 is 23.9 Å². The Labute approximate surface area is 174 Å². The number of hydrogen-bond acceptors (Lipinski definition) is 3. The minimum absolute atomic E-state index is 0.274. The Morgan fingerprint density at radius 1 is 1.17 bits per heavy atom. The van der Waals surface area contributed by atoms with E-state index in [1.54, 1.807) is 43.4 Å². The number of anilines is 1. The molecule has 2 aromatic carbocycles. The molecule has 2 aliphatic rings. The molecule has 0 spiro atoms. The van der Waals surface area contributed by atoms with Crippen molar-refractivity contribution in [2.24, 2.45) is 10.9 Å². The number of carbonyl (C=O) groups is 2. The van der Waals surface area contributed by atoms with Crippen LogP contribution in [-0.2, 0) is 4.79 Å². The minimum Gasteiger partial charge on any atom is -0.338 e. The van der Waals surface area contributed by atoms with Crippen LogP contribution in [0.15, 0.2) is 65.7 Å². The number of nitrogens with one attached hydrogen (secondary N) is 2. The molecule has 1 aliphatic carbocycles. The highest BCUT2D eigenvalue weighted by atomic mass is 19.1. The fourth-order valence-electron chi connectivity index (χ4n) is 3.75. The van der Waals surface area contributed by atoms with Crippen molar-refractivity contribution in [1.82, 2.24) is 10.6 Å². The summed E-state index contributed by atoms with van der Waals surface area (Å²) in [6, 6.07) is 13.0. The highest BCUT2D eigenvalue weighted by Crippen LogP contribution is 2.28. The van der Waals surface area contributed by atoms with Crippen LogP contribution in [0, 0.1) is 11.7 Å². The molecule has 0 saturated carbocycles. The van der Waals surface area contributed by atoms with Crippen molar-refractivity contribution >= 4 is 23.3 Å². The van der Waals surface area contributed by atoms with Crippen LogP contribution in [0.4, 0.5) is 14.9 Å². The Morgan fingerprint density at radius 3 is 2.63 bits per heavy atom. The van der Waals surface area contributed by atoms with Crippen LogP contribution in [0.5, 0.6) is 0 Å². The van der Waals surface area contributed by atoms with E-state index in [1.165, 1.54) is 11.0 Å². The number of carbonyl (C=O) groups excluding carboxylic acids is 2. The normalized spacial score (nSPS) is 20.4. The number of benzene rings is 2. The first-order chi connectivity index (χ1) is 14.5. The fraction of sp³-hybridized carbons (Fsp3) is 0.261. The molecule has 1 aliphatic heterocycles. The second-order valence-corrected chi connectivity index (χ2v) is 7.39. The second-order valence-electron chi connectivity index (χ2n) is 7.39. The summed E-state index contributed by atoms with van der Waals surface area (Å²) < 4.78 is 14.6. The number of halogens is 1. The van der Waals surface area contributed by atoms with Crippen molar-refractivity contribution in [1.29, 1.82) is 0 Å². The molecular formula is C23H23FN4O2. The first-order valence-electron chi connectivity index (χ1n) is 9.95. The molecule has 0 bridgehead atoms. The van der Waals surface area contributed by atoms with Gasteiger partial charge in [-0.1, -0.05) is 42.5 Å². The number of benzodiazepines with no additional fused rings is 1. The van der Waals surface area contributed by atoms with Crippen molar-refractivity contribution < 1.29 is 14.0 Å². The molecule has 30 heavy (non-hydrogen) atoms. The number of nitrogens with zero attached hydrogens (tertiary/aromatic N) is 2. The number of para-hydroxylation sites is 1. The largest absolute Gasteiger partial charge is 0.338 e. The molecule has 0 saturated heterocycles. The van der Waals surface area contributed by atoms with E-state index in [1.807, 2.05) is 6.07 Å². The standard InChI is InChI=1S/C23H23FN4O2/c1-28-19-13-7-5-11-17(19)20(16-10-4-6-12-18(16)24)26-21(22(28)29)27-23(30)25-14-15-8-2-3-9-15/h2,4-8,10-13,15,21H,3,9,14H2,1H3,(H2,25,27,30). The minimum atomic E-state index is -1.17. The zero-order valence-corrected chi connectivity index (χ0v) is 16.6. The molecular weight excluding hydrogens is 383 g/mol. The first kappa shape index (κ1) is 19.8. The van der Waals surface area contributed by atoms with Crippen LogP contribution in [-0.4, -0.2) is 37.4 Å². The fourth-order valence-corrected chi connectivity index (χ4v) is 3.75. The van der Waals surface area contributed by atoms with Crippen LogP contribution >= 0.6 is 0 Å². The van der Waals surface area contributed by atoms with Gasteiger partial charge in [0.1, 0.15) is 5.82 Å². The van der Waals surface area contributed by atoms with E-state index in [-0.39, 0.29) is 5.56 Å². The maximum Gasteiger partial charge on any atom is 0.316 e. The molecule has 0 aromatic heterocycles. The SMILES string of the molecule is CN1C(=O)C(NC(=O)NCC2C=CCC2)N=C(c2ccccc2F)c2ccccc21. The molecule has 6 nitrogen and oxygen atoms in total. The molecule has 1 heterocycles. The molecule has 7 heteroatoms. The average Bonchev–Trinajstić information content (AvgIpc) is 3.25. The predicted octanol–water partition coefficient (Wildman–Crippen LogP) is 3.23. The number of allylic oxidation sites excluding steroid dienone is 1. The number of aliphatic imine (C=N–C) groups is 1. The maximum atomic E-state index is 14.6. The van der Waals surface area contributed by atoms with Crippen LogP contribution in [0.1, 0.15) is 24.0 Å². The van der Waals surface area contributed by atoms with Gasteiger partial charge in [0, 0.05) is 24.7 Å². The summed E-state index contributed by atoms with van der Waals surface area (Å²) in [4.78, 5) is 31.4. The summed E-state index contributed by atoms with van der Waals surface area (Å²) in [5.74, 6) is -0.547. The number of hydrogen-bond donors (Lipinski definition) is 2. The lowest BCUT2D eigenvalue weighted by Crippen LogP contribution is -2.50. The third-order valence-electron chi connectivity index (χ3n) is 5.38. The molecule has 4 rings (SSSR count). The number of urea groups is 1. The lowest BCUT2D eigenvalue weighted by molar-refractivity contribution is -0.119. The van der Waals surface area contributed by atoms with Gasteiger partial charge in [-0.2, -0.15) is 0 Å². The van der Waals surface area contributed by atoms with Crippen LogP contribution in [0.2, 0.25) is 0 Å². The third-order valence-corrected chi connectivity index (χ3v) is 5.38. The van der Waals surface area contributed by atoms with Gasteiger partial charge in [-0.3, -0.25) is 4.79 Å². The summed E-state index contributed by atoms with van der Waals surface area (Å²) >= 11 is 0. The quantitative estimate of drug-likeness (QED) is 0.765. The predicted molar refractivity (Wildman–Crippen MR) is 114 cm³/mol. The van der Waals surface area contributed by atoms with Crippen LogP contribution in [0.3, 0.4) is 0 Å². The van der Waals surface area contributed by atoms with E-state index in [2.05, 4.69) is 27.8 Å². The Hall–Kier alpha value is -3.48. The van der Waals surface area contributed by atoms with Gasteiger partial charge in [-0.05, 0) is 37.0 Å². The Morgan fingerprint density at radius 2 is 1.90 bits per heavy atom. The van der Waals surface area contributed by atoms with Gasteiger partial charge in [-0.25, -0.2) is 14.2 Å². The molecule has 154 valence electrons. The van der Waals surface area contributed by atoms with Crippen molar-refractivity contribution in [2.45, 2.75) is 19.0 Å². The lowest BCUT2D eigenvalue weighted by Gasteiger charge is -2.21. The van der Waals surface area contributed by atoms with Crippen LogP contribution < -0.4 is 15.5 Å². The van der Waals surface area contributed by atoms with Gasteiger partial charge >= 0.3 is 6.03 Å². The zero-order valence-electron chi connectivity index (χ0n) is 16.6. The highest BCUT2D eigenvalue weighted by molar-refractivity contribution is 6.20. The second kappa shape index (κ2) is 8.49. The monoisotopic (exact) mass is 406 g/mol. The van der Waals surface area contributed by atoms with Gasteiger partial charge < -0.3 is 15.5 Å². The topological polar surface area (TPSA) is 73.8 Å². The van der Waals surface area contributed by atoms with E-state index >= 15 is 0 Å². The van der Waals surface area contributed by atoms with Gasteiger partial charge in [-0.15, -0.1) is 0 Å². The number of rotatable bonds is 4. The number of fused-ring (bicyclic) bond motifs is 1. The molecule has 2 unspecified atom stereocenters. The highest BCUT2D eigenvalue weighted by Gasteiger charge is 2.31. The van der Waals surface area contributed by atoms with Crippen molar-refractivity contribution in [3.63, 3.8) is 0 Å². The van der Waals surface area contributed by atoms with Crippen molar-refractivity contribution in [2.75, 3.05) is 18.5 Å². The molecule has 3 amide bonds. The van der Waals surface area contributed by atoms with E-state index in [0.29, 0.717) is 29.4 Å². The summed E-state index contributed by atoms with van der Waals surface area (Å²) in [5.41, 5.74) is 1.83. The van der Waals surface area contributed by atoms with Crippen molar-refractivity contribution in [3.05, 3.63) is 77.6 Å². The average molecular weight is 406 g/mol. The number of amides is 3.